The second-order valence-electron chi connectivity index (χ2n) is 7.84. The smallest absolute Gasteiger partial charge is 0.327 e. The normalized spacial score (nSPS) is 19.5. The fourth-order valence-electron chi connectivity index (χ4n) is 3.96. The standard InChI is InChI=1S/C19H26N4O4/c1-13(2)11-23-18(27)21(4)17(26)19(23)7-9-22(10-8-19)16(25)14-5-6-15(24)20(3)12-14/h5-6,12-13H,7-11H2,1-4H3. The largest absolute Gasteiger partial charge is 0.338 e. The summed E-state index contributed by atoms with van der Waals surface area (Å²) in [6.45, 7) is 5.33. The highest BCUT2D eigenvalue weighted by atomic mass is 16.2. The molecule has 3 heterocycles. The minimum atomic E-state index is -0.851. The molecule has 1 aromatic heterocycles. The molecule has 8 heteroatoms. The molecule has 4 amide bonds. The number of aryl methyl sites for hydroxylation is 1. The zero-order chi connectivity index (χ0) is 19.9. The van der Waals surface area contributed by atoms with Crippen LogP contribution in [0.25, 0.3) is 0 Å². The van der Waals surface area contributed by atoms with Crippen molar-refractivity contribution in [2.24, 2.45) is 13.0 Å². The van der Waals surface area contributed by atoms with E-state index in [1.165, 1.54) is 34.8 Å². The zero-order valence-electron chi connectivity index (χ0n) is 16.3. The summed E-state index contributed by atoms with van der Waals surface area (Å²) in [6, 6.07) is 2.64. The maximum atomic E-state index is 12.8. The number of hydrogen-bond acceptors (Lipinski definition) is 4. The predicted octanol–water partition coefficient (Wildman–Crippen LogP) is 0.910. The first kappa shape index (κ1) is 19.1. The maximum absolute atomic E-state index is 12.8. The van der Waals surface area contributed by atoms with Crippen LogP contribution < -0.4 is 5.56 Å². The number of piperidine rings is 1. The predicted molar refractivity (Wildman–Crippen MR) is 99.3 cm³/mol. The number of urea groups is 1. The summed E-state index contributed by atoms with van der Waals surface area (Å²) in [4.78, 5) is 54.3. The number of carbonyl (C=O) groups is 3. The Morgan fingerprint density at radius 1 is 1.11 bits per heavy atom. The lowest BCUT2D eigenvalue weighted by molar-refractivity contribution is -0.134. The Labute approximate surface area is 158 Å². The quantitative estimate of drug-likeness (QED) is 0.737. The summed E-state index contributed by atoms with van der Waals surface area (Å²) in [5.41, 5.74) is -0.583. The van der Waals surface area contributed by atoms with Crippen molar-refractivity contribution in [3.63, 3.8) is 0 Å². The van der Waals surface area contributed by atoms with Crippen molar-refractivity contribution in [3.8, 4) is 0 Å². The summed E-state index contributed by atoms with van der Waals surface area (Å²) in [7, 11) is 3.13. The van der Waals surface area contributed by atoms with Crippen molar-refractivity contribution in [3.05, 3.63) is 34.2 Å². The van der Waals surface area contributed by atoms with Crippen LogP contribution >= 0.6 is 0 Å². The van der Waals surface area contributed by atoms with E-state index in [0.717, 1.165) is 0 Å². The molecule has 2 aliphatic heterocycles. The molecular weight excluding hydrogens is 348 g/mol. The Morgan fingerprint density at radius 2 is 1.74 bits per heavy atom. The molecule has 8 nitrogen and oxygen atoms in total. The first-order valence-electron chi connectivity index (χ1n) is 9.23. The highest BCUT2D eigenvalue weighted by Gasteiger charge is 2.57. The average molecular weight is 374 g/mol. The fourth-order valence-corrected chi connectivity index (χ4v) is 3.96. The summed E-state index contributed by atoms with van der Waals surface area (Å²) in [6.07, 6.45) is 2.37. The van der Waals surface area contributed by atoms with E-state index < -0.39 is 5.54 Å². The zero-order valence-corrected chi connectivity index (χ0v) is 16.3. The molecule has 0 bridgehead atoms. The van der Waals surface area contributed by atoms with E-state index in [2.05, 4.69) is 0 Å². The van der Waals surface area contributed by atoms with E-state index >= 15 is 0 Å². The molecule has 0 atom stereocenters. The van der Waals surface area contributed by atoms with Gasteiger partial charge in [-0.25, -0.2) is 4.79 Å². The molecule has 0 radical (unpaired) electrons. The number of aromatic nitrogens is 1. The van der Waals surface area contributed by atoms with Crippen LogP contribution in [0.2, 0.25) is 0 Å². The monoisotopic (exact) mass is 374 g/mol. The van der Waals surface area contributed by atoms with Gasteiger partial charge in [-0.05, 0) is 24.8 Å². The second-order valence-corrected chi connectivity index (χ2v) is 7.84. The topological polar surface area (TPSA) is 82.9 Å². The van der Waals surface area contributed by atoms with Crippen LogP contribution in [0.4, 0.5) is 4.79 Å². The number of nitrogens with zero attached hydrogens (tertiary/aromatic N) is 4. The van der Waals surface area contributed by atoms with E-state index in [-0.39, 0.29) is 29.3 Å². The molecule has 0 saturated carbocycles. The van der Waals surface area contributed by atoms with Gasteiger partial charge in [0, 0.05) is 46.0 Å². The lowest BCUT2D eigenvalue weighted by Crippen LogP contribution is -2.58. The Kier molecular flexibility index (Phi) is 4.84. The molecule has 0 aromatic carbocycles. The number of pyridine rings is 1. The van der Waals surface area contributed by atoms with Gasteiger partial charge in [0.1, 0.15) is 5.54 Å². The van der Waals surface area contributed by atoms with Gasteiger partial charge < -0.3 is 14.4 Å². The highest BCUT2D eigenvalue weighted by Crippen LogP contribution is 2.37. The van der Waals surface area contributed by atoms with Gasteiger partial charge in [0.05, 0.1) is 5.56 Å². The Balaban J connectivity index is 1.79. The van der Waals surface area contributed by atoms with Gasteiger partial charge in [-0.2, -0.15) is 0 Å². The van der Waals surface area contributed by atoms with E-state index in [4.69, 9.17) is 0 Å². The lowest BCUT2D eigenvalue weighted by Gasteiger charge is -2.42. The Hall–Kier alpha value is -2.64. The summed E-state index contributed by atoms with van der Waals surface area (Å²) < 4.78 is 1.37. The van der Waals surface area contributed by atoms with E-state index in [9.17, 15) is 19.2 Å². The first-order chi connectivity index (χ1) is 12.7. The second kappa shape index (κ2) is 6.83. The van der Waals surface area contributed by atoms with Crippen LogP contribution in [0, 0.1) is 5.92 Å². The van der Waals surface area contributed by atoms with Crippen LogP contribution in [0.15, 0.2) is 23.1 Å². The van der Waals surface area contributed by atoms with E-state index in [0.29, 0.717) is 38.0 Å². The molecule has 3 rings (SSSR count). The minimum absolute atomic E-state index is 0.166. The Morgan fingerprint density at radius 3 is 2.30 bits per heavy atom. The highest BCUT2D eigenvalue weighted by molar-refractivity contribution is 6.07. The lowest BCUT2D eigenvalue weighted by atomic mass is 9.85. The molecule has 2 saturated heterocycles. The molecule has 2 fully saturated rings. The van der Waals surface area contributed by atoms with Gasteiger partial charge in [-0.15, -0.1) is 0 Å². The van der Waals surface area contributed by atoms with Crippen LogP contribution in [0.5, 0.6) is 0 Å². The van der Waals surface area contributed by atoms with Crippen LogP contribution in [-0.4, -0.2) is 69.3 Å². The molecule has 0 aliphatic carbocycles. The van der Waals surface area contributed by atoms with Crippen molar-refractivity contribution in [2.75, 3.05) is 26.7 Å². The summed E-state index contributed by atoms with van der Waals surface area (Å²) in [5, 5.41) is 0. The average Bonchev–Trinajstić information content (AvgIpc) is 2.80. The summed E-state index contributed by atoms with van der Waals surface area (Å²) in [5.74, 6) is -0.0984. The first-order valence-corrected chi connectivity index (χ1v) is 9.23. The number of likely N-dealkylation sites (N-methyl/N-ethyl adjacent to an activating group) is 1. The SMILES string of the molecule is CC(C)CN1C(=O)N(C)C(=O)C12CCN(C(=O)c1ccc(=O)n(C)c1)CC2. The van der Waals surface area contributed by atoms with E-state index in [1.54, 1.807) is 16.8 Å². The molecule has 0 N–H and O–H groups in total. The molecule has 0 unspecified atom stereocenters. The van der Waals surface area contributed by atoms with Gasteiger partial charge in [-0.3, -0.25) is 19.3 Å². The molecule has 146 valence electrons. The molecule has 1 spiro atoms. The Bertz CT molecular complexity index is 836. The van der Waals surface area contributed by atoms with Gasteiger partial charge in [0.2, 0.25) is 5.56 Å². The number of hydrogen-bond donors (Lipinski definition) is 0. The molecule has 2 aliphatic rings. The molecule has 1 aromatic rings. The van der Waals surface area contributed by atoms with Crippen molar-refractivity contribution >= 4 is 17.8 Å². The van der Waals surface area contributed by atoms with Crippen LogP contribution in [0.3, 0.4) is 0 Å². The van der Waals surface area contributed by atoms with Gasteiger partial charge in [0.15, 0.2) is 0 Å². The van der Waals surface area contributed by atoms with Gasteiger partial charge in [-0.1, -0.05) is 13.8 Å². The number of amides is 4. The third kappa shape index (κ3) is 3.13. The number of carbonyl (C=O) groups excluding carboxylic acids is 3. The van der Waals surface area contributed by atoms with Gasteiger partial charge in [0.25, 0.3) is 11.8 Å². The third-order valence-electron chi connectivity index (χ3n) is 5.50. The van der Waals surface area contributed by atoms with Crippen molar-refractivity contribution in [2.45, 2.75) is 32.2 Å². The molecular formula is C19H26N4O4. The number of rotatable bonds is 3. The van der Waals surface area contributed by atoms with Crippen molar-refractivity contribution < 1.29 is 14.4 Å². The number of likely N-dealkylation sites (tertiary alicyclic amines) is 1. The fraction of sp³-hybridized carbons (Fsp3) is 0.579. The van der Waals surface area contributed by atoms with E-state index in [1.807, 2.05) is 13.8 Å². The van der Waals surface area contributed by atoms with Crippen LogP contribution in [0.1, 0.15) is 37.0 Å². The number of imide groups is 1. The van der Waals surface area contributed by atoms with Gasteiger partial charge >= 0.3 is 6.03 Å². The maximum Gasteiger partial charge on any atom is 0.327 e. The molecule has 27 heavy (non-hydrogen) atoms. The third-order valence-corrected chi connectivity index (χ3v) is 5.50. The summed E-state index contributed by atoms with van der Waals surface area (Å²) >= 11 is 0. The van der Waals surface area contributed by atoms with Crippen molar-refractivity contribution in [1.29, 1.82) is 0 Å². The van der Waals surface area contributed by atoms with Crippen LogP contribution in [-0.2, 0) is 11.8 Å². The minimum Gasteiger partial charge on any atom is -0.338 e. The van der Waals surface area contributed by atoms with Crippen molar-refractivity contribution in [1.82, 2.24) is 19.3 Å².